The molecule has 7 heteroatoms. The maximum Gasteiger partial charge on any atom is 0.316 e. The molecule has 0 spiro atoms. The predicted octanol–water partition coefficient (Wildman–Crippen LogP) is 2.34. The number of rotatable bonds is 5. The van der Waals surface area contributed by atoms with Crippen molar-refractivity contribution in [3.8, 4) is 0 Å². The van der Waals surface area contributed by atoms with Gasteiger partial charge >= 0.3 is 5.97 Å². The molecule has 0 saturated heterocycles. The van der Waals surface area contributed by atoms with Crippen molar-refractivity contribution < 1.29 is 14.5 Å². The molecule has 0 aliphatic carbocycles. The Morgan fingerprint density at radius 2 is 2.28 bits per heavy atom. The number of nitro groups is 1. The Labute approximate surface area is 109 Å². The fourth-order valence-corrected chi connectivity index (χ4v) is 1.96. The molecule has 0 amide bonds. The Kier molecular flexibility index (Phi) is 5.08. The third-order valence-electron chi connectivity index (χ3n) is 1.92. The van der Waals surface area contributed by atoms with Crippen LogP contribution in [-0.2, 0) is 9.53 Å². The lowest BCUT2D eigenvalue weighted by atomic mass is 10.3. The average Bonchev–Trinajstić information content (AvgIpc) is 2.26. The molecule has 1 heterocycles. The van der Waals surface area contributed by atoms with Crippen molar-refractivity contribution >= 4 is 23.4 Å². The highest BCUT2D eigenvalue weighted by atomic mass is 32.2. The first-order valence-corrected chi connectivity index (χ1v) is 6.32. The first-order valence-electron chi connectivity index (χ1n) is 5.33. The number of hydrogen-bond donors (Lipinski definition) is 0. The number of carbonyl (C=O) groups is 1. The SMILES string of the molecule is Cc1cc([N+](=O)[O-])cnc1SCC(=O)OC(C)C. The molecule has 0 aliphatic heterocycles. The first kappa shape index (κ1) is 14.4. The van der Waals surface area contributed by atoms with Gasteiger partial charge in [0.05, 0.1) is 21.8 Å². The molecule has 1 aromatic heterocycles. The zero-order valence-corrected chi connectivity index (χ0v) is 11.2. The standard InChI is InChI=1S/C11H14N2O4S/c1-7(2)17-10(14)6-18-11-8(3)4-9(5-12-11)13(15)16/h4-5,7H,6H2,1-3H3. The van der Waals surface area contributed by atoms with E-state index in [9.17, 15) is 14.9 Å². The average molecular weight is 270 g/mol. The summed E-state index contributed by atoms with van der Waals surface area (Å²) < 4.78 is 4.98. The van der Waals surface area contributed by atoms with E-state index in [1.165, 1.54) is 24.0 Å². The fraction of sp³-hybridized carbons (Fsp3) is 0.455. The third-order valence-corrected chi connectivity index (χ3v) is 3.00. The highest BCUT2D eigenvalue weighted by molar-refractivity contribution is 7.99. The fourth-order valence-electron chi connectivity index (χ4n) is 1.22. The lowest BCUT2D eigenvalue weighted by Crippen LogP contribution is -2.13. The van der Waals surface area contributed by atoms with Crippen LogP contribution in [-0.4, -0.2) is 27.7 Å². The van der Waals surface area contributed by atoms with E-state index in [2.05, 4.69) is 4.98 Å². The van der Waals surface area contributed by atoms with E-state index in [0.717, 1.165) is 0 Å². The van der Waals surface area contributed by atoms with Gasteiger partial charge in [-0.2, -0.15) is 0 Å². The van der Waals surface area contributed by atoms with Crippen LogP contribution < -0.4 is 0 Å². The number of aryl methyl sites for hydroxylation is 1. The predicted molar refractivity (Wildman–Crippen MR) is 67.6 cm³/mol. The molecule has 0 radical (unpaired) electrons. The molecule has 0 saturated carbocycles. The van der Waals surface area contributed by atoms with Crippen molar-refractivity contribution in [2.75, 3.05) is 5.75 Å². The summed E-state index contributed by atoms with van der Waals surface area (Å²) in [5.41, 5.74) is 0.619. The molecule has 6 nitrogen and oxygen atoms in total. The van der Waals surface area contributed by atoms with Gasteiger partial charge in [-0.25, -0.2) is 4.98 Å². The minimum atomic E-state index is -0.499. The van der Waals surface area contributed by atoms with Crippen molar-refractivity contribution in [1.29, 1.82) is 0 Å². The quantitative estimate of drug-likeness (QED) is 0.353. The van der Waals surface area contributed by atoms with Crippen molar-refractivity contribution in [2.24, 2.45) is 0 Å². The van der Waals surface area contributed by atoms with Gasteiger partial charge in [-0.15, -0.1) is 0 Å². The molecule has 1 aromatic rings. The lowest BCUT2D eigenvalue weighted by Gasteiger charge is -2.08. The second kappa shape index (κ2) is 6.34. The number of esters is 1. The molecule has 0 unspecified atom stereocenters. The molecule has 1 rings (SSSR count). The van der Waals surface area contributed by atoms with Crippen LogP contribution in [0.5, 0.6) is 0 Å². The van der Waals surface area contributed by atoms with Gasteiger partial charge in [-0.1, -0.05) is 11.8 Å². The summed E-state index contributed by atoms with van der Waals surface area (Å²) in [6, 6.07) is 1.43. The number of pyridine rings is 1. The summed E-state index contributed by atoms with van der Waals surface area (Å²) in [4.78, 5) is 25.3. The van der Waals surface area contributed by atoms with Gasteiger partial charge in [0.25, 0.3) is 5.69 Å². The summed E-state index contributed by atoms with van der Waals surface area (Å²) in [6.07, 6.45) is 1.03. The third kappa shape index (κ3) is 4.33. The van der Waals surface area contributed by atoms with Crippen LogP contribution in [0.1, 0.15) is 19.4 Å². The van der Waals surface area contributed by atoms with E-state index in [-0.39, 0.29) is 23.5 Å². The Morgan fingerprint density at radius 1 is 1.61 bits per heavy atom. The summed E-state index contributed by atoms with van der Waals surface area (Å²) in [6.45, 7) is 5.27. The van der Waals surface area contributed by atoms with Crippen molar-refractivity contribution in [1.82, 2.24) is 4.98 Å². The van der Waals surface area contributed by atoms with Crippen molar-refractivity contribution in [2.45, 2.75) is 31.9 Å². The van der Waals surface area contributed by atoms with E-state index in [1.807, 2.05) is 0 Å². The van der Waals surface area contributed by atoms with Crippen LogP contribution in [0.25, 0.3) is 0 Å². The van der Waals surface area contributed by atoms with E-state index in [4.69, 9.17) is 4.74 Å². The molecule has 0 bridgehead atoms. The number of nitrogens with zero attached hydrogens (tertiary/aromatic N) is 2. The summed E-state index contributed by atoms with van der Waals surface area (Å²) >= 11 is 1.21. The second-order valence-electron chi connectivity index (χ2n) is 3.90. The molecule has 98 valence electrons. The second-order valence-corrected chi connectivity index (χ2v) is 4.86. The number of aromatic nitrogens is 1. The molecule has 0 aliphatic rings. The zero-order chi connectivity index (χ0) is 13.7. The molecule has 0 atom stereocenters. The van der Waals surface area contributed by atoms with Gasteiger partial charge in [-0.3, -0.25) is 14.9 Å². The Hall–Kier alpha value is -1.63. The van der Waals surface area contributed by atoms with E-state index < -0.39 is 4.92 Å². The number of hydrogen-bond acceptors (Lipinski definition) is 6. The van der Waals surface area contributed by atoms with Gasteiger partial charge in [-0.05, 0) is 26.3 Å². The molecule has 0 aromatic carbocycles. The first-order chi connectivity index (χ1) is 8.40. The Bertz CT molecular complexity index is 462. The van der Waals surface area contributed by atoms with Crippen LogP contribution >= 0.6 is 11.8 Å². The van der Waals surface area contributed by atoms with Crippen molar-refractivity contribution in [3.63, 3.8) is 0 Å². The smallest absolute Gasteiger partial charge is 0.316 e. The van der Waals surface area contributed by atoms with Gasteiger partial charge in [0.15, 0.2) is 0 Å². The van der Waals surface area contributed by atoms with Gasteiger partial charge in [0, 0.05) is 6.07 Å². The molecular formula is C11H14N2O4S. The summed E-state index contributed by atoms with van der Waals surface area (Å²) in [7, 11) is 0. The van der Waals surface area contributed by atoms with Crippen molar-refractivity contribution in [3.05, 3.63) is 27.9 Å². The minimum absolute atomic E-state index is 0.0541. The Balaban J connectivity index is 2.63. The van der Waals surface area contributed by atoms with E-state index in [1.54, 1.807) is 20.8 Å². The van der Waals surface area contributed by atoms with Crippen LogP contribution in [0.15, 0.2) is 17.3 Å². The van der Waals surface area contributed by atoms with Gasteiger partial charge in [0.1, 0.15) is 6.20 Å². The van der Waals surface area contributed by atoms with Crippen LogP contribution in [0.4, 0.5) is 5.69 Å². The zero-order valence-electron chi connectivity index (χ0n) is 10.4. The number of ether oxygens (including phenoxy) is 1. The van der Waals surface area contributed by atoms with E-state index in [0.29, 0.717) is 10.6 Å². The maximum atomic E-state index is 11.3. The monoisotopic (exact) mass is 270 g/mol. The number of carbonyl (C=O) groups excluding carboxylic acids is 1. The van der Waals surface area contributed by atoms with Crippen LogP contribution in [0, 0.1) is 17.0 Å². The number of thioether (sulfide) groups is 1. The Morgan fingerprint density at radius 3 is 2.78 bits per heavy atom. The molecule has 18 heavy (non-hydrogen) atoms. The van der Waals surface area contributed by atoms with Gasteiger partial charge in [0.2, 0.25) is 0 Å². The minimum Gasteiger partial charge on any atom is -0.462 e. The van der Waals surface area contributed by atoms with Gasteiger partial charge < -0.3 is 4.74 Å². The van der Waals surface area contributed by atoms with Crippen LogP contribution in [0.2, 0.25) is 0 Å². The molecule has 0 N–H and O–H groups in total. The highest BCUT2D eigenvalue weighted by Gasteiger charge is 2.12. The summed E-state index contributed by atoms with van der Waals surface area (Å²) in [5.74, 6) is -0.182. The van der Waals surface area contributed by atoms with Crippen LogP contribution in [0.3, 0.4) is 0 Å². The van der Waals surface area contributed by atoms with E-state index >= 15 is 0 Å². The molecular weight excluding hydrogens is 256 g/mol. The lowest BCUT2D eigenvalue weighted by molar-refractivity contribution is -0.385. The summed E-state index contributed by atoms with van der Waals surface area (Å²) in [5, 5.41) is 11.1. The normalized spacial score (nSPS) is 10.4. The highest BCUT2D eigenvalue weighted by Crippen LogP contribution is 2.23. The topological polar surface area (TPSA) is 82.3 Å². The maximum absolute atomic E-state index is 11.3. The largest absolute Gasteiger partial charge is 0.462 e. The molecule has 0 fully saturated rings.